The van der Waals surface area contributed by atoms with Gasteiger partial charge in [-0.2, -0.15) is 0 Å². The maximum absolute atomic E-state index is 12.2. The van der Waals surface area contributed by atoms with Crippen LogP contribution in [0, 0.1) is 0 Å². The molecule has 0 aliphatic carbocycles. The number of ether oxygens (including phenoxy) is 1. The van der Waals surface area contributed by atoms with Crippen molar-refractivity contribution in [2.75, 3.05) is 14.1 Å². The van der Waals surface area contributed by atoms with Crippen LogP contribution in [-0.2, 0) is 11.4 Å². The summed E-state index contributed by atoms with van der Waals surface area (Å²) < 4.78 is 5.76. The Bertz CT molecular complexity index is 832. The Balaban J connectivity index is 1.68. The fourth-order valence-electron chi connectivity index (χ4n) is 2.45. The fourth-order valence-corrected chi connectivity index (χ4v) is 2.76. The molecule has 1 aliphatic heterocycles. The van der Waals surface area contributed by atoms with Gasteiger partial charge in [-0.1, -0.05) is 35.9 Å². The molecule has 128 valence electrons. The molecule has 0 bridgehead atoms. The average Bonchev–Trinajstić information content (AvgIpc) is 2.80. The Labute approximate surface area is 157 Å². The number of carbonyl (C=O) groups is 1. The number of hydrogen-bond donors (Lipinski definition) is 0. The van der Waals surface area contributed by atoms with Gasteiger partial charge in [-0.05, 0) is 53.7 Å². The molecule has 1 heterocycles. The van der Waals surface area contributed by atoms with Crippen molar-refractivity contribution in [3.8, 4) is 5.75 Å². The summed E-state index contributed by atoms with van der Waals surface area (Å²) in [7, 11) is 3.47. The minimum absolute atomic E-state index is 0.101. The molecule has 4 nitrogen and oxygen atoms in total. The van der Waals surface area contributed by atoms with Crippen LogP contribution in [-0.4, -0.2) is 34.9 Å². The molecule has 0 radical (unpaired) electrons. The van der Waals surface area contributed by atoms with E-state index in [2.05, 4.69) is 0 Å². The normalized spacial score (nSPS) is 16.0. The van der Waals surface area contributed by atoms with Gasteiger partial charge in [-0.25, -0.2) is 0 Å². The third-order valence-electron chi connectivity index (χ3n) is 3.96. The van der Waals surface area contributed by atoms with Gasteiger partial charge in [0.25, 0.3) is 5.91 Å². The van der Waals surface area contributed by atoms with Crippen LogP contribution in [0.15, 0.2) is 54.2 Å². The highest BCUT2D eigenvalue weighted by atomic mass is 35.5. The molecule has 0 atom stereocenters. The minimum Gasteiger partial charge on any atom is -0.489 e. The number of halogens is 1. The molecule has 1 amide bonds. The lowest BCUT2D eigenvalue weighted by Crippen LogP contribution is -2.26. The quantitative estimate of drug-likeness (QED) is 0.601. The van der Waals surface area contributed by atoms with Crippen molar-refractivity contribution in [3.63, 3.8) is 0 Å². The van der Waals surface area contributed by atoms with E-state index in [0.717, 1.165) is 16.9 Å². The fraction of sp³-hybridized carbons (Fsp3) is 0.158. The van der Waals surface area contributed by atoms with E-state index in [1.807, 2.05) is 54.6 Å². The highest BCUT2D eigenvalue weighted by Gasteiger charge is 2.32. The van der Waals surface area contributed by atoms with Gasteiger partial charge in [0.1, 0.15) is 18.1 Å². The van der Waals surface area contributed by atoms with Gasteiger partial charge in [0, 0.05) is 19.1 Å². The second-order valence-electron chi connectivity index (χ2n) is 5.72. The van der Waals surface area contributed by atoms with E-state index in [1.165, 1.54) is 4.90 Å². The maximum atomic E-state index is 12.2. The van der Waals surface area contributed by atoms with Gasteiger partial charge in [-0.15, -0.1) is 0 Å². The van der Waals surface area contributed by atoms with E-state index in [0.29, 0.717) is 22.4 Å². The average molecular weight is 373 g/mol. The van der Waals surface area contributed by atoms with Gasteiger partial charge in [0.05, 0.1) is 0 Å². The smallest absolute Gasteiger partial charge is 0.276 e. The van der Waals surface area contributed by atoms with E-state index < -0.39 is 0 Å². The molecular weight excluding hydrogens is 356 g/mol. The topological polar surface area (TPSA) is 32.8 Å². The lowest BCUT2D eigenvalue weighted by molar-refractivity contribution is -0.121. The summed E-state index contributed by atoms with van der Waals surface area (Å²) in [6, 6.07) is 15.1. The van der Waals surface area contributed by atoms with Crippen molar-refractivity contribution in [2.45, 2.75) is 6.61 Å². The molecule has 0 N–H and O–H groups in total. The second-order valence-corrected chi connectivity index (χ2v) is 6.52. The van der Waals surface area contributed by atoms with Crippen molar-refractivity contribution in [3.05, 3.63) is 70.4 Å². The van der Waals surface area contributed by atoms with Gasteiger partial charge >= 0.3 is 0 Å². The summed E-state index contributed by atoms with van der Waals surface area (Å²) in [5, 5.41) is 1.21. The zero-order chi connectivity index (χ0) is 18.0. The molecule has 6 heteroatoms. The van der Waals surface area contributed by atoms with Crippen LogP contribution in [0.1, 0.15) is 11.1 Å². The van der Waals surface area contributed by atoms with Gasteiger partial charge in [0.15, 0.2) is 5.11 Å². The van der Waals surface area contributed by atoms with Gasteiger partial charge in [0.2, 0.25) is 0 Å². The molecule has 0 saturated carbocycles. The number of nitrogens with zero attached hydrogens (tertiary/aromatic N) is 2. The largest absolute Gasteiger partial charge is 0.489 e. The van der Waals surface area contributed by atoms with Crippen molar-refractivity contribution in [2.24, 2.45) is 0 Å². The third kappa shape index (κ3) is 3.83. The van der Waals surface area contributed by atoms with Gasteiger partial charge < -0.3 is 9.64 Å². The molecular formula is C19H17ClN2O2S. The standard InChI is InChI=1S/C19H17ClN2O2S/c1-21-17(18(23)22(2)19(21)25)11-13-5-9-16(10-6-13)24-12-14-3-7-15(20)8-4-14/h3-11H,12H2,1-2H3/b17-11-. The van der Waals surface area contributed by atoms with E-state index in [1.54, 1.807) is 19.0 Å². The number of amides is 1. The Morgan fingerprint density at radius 1 is 1.04 bits per heavy atom. The summed E-state index contributed by atoms with van der Waals surface area (Å²) in [5.74, 6) is 0.659. The second kappa shape index (κ2) is 7.25. The number of carbonyl (C=O) groups excluding carboxylic acids is 1. The zero-order valence-electron chi connectivity index (χ0n) is 13.9. The summed E-state index contributed by atoms with van der Waals surface area (Å²) in [5.41, 5.74) is 2.51. The predicted octanol–water partition coefficient (Wildman–Crippen LogP) is 3.95. The molecule has 2 aromatic carbocycles. The van der Waals surface area contributed by atoms with Crippen molar-refractivity contribution >= 4 is 40.9 Å². The molecule has 3 rings (SSSR count). The Kier molecular flexibility index (Phi) is 5.06. The molecule has 0 aromatic heterocycles. The lowest BCUT2D eigenvalue weighted by Gasteiger charge is -2.11. The summed E-state index contributed by atoms with van der Waals surface area (Å²) in [6.45, 7) is 0.470. The molecule has 1 fully saturated rings. The number of rotatable bonds is 4. The minimum atomic E-state index is -0.101. The van der Waals surface area contributed by atoms with Crippen LogP contribution in [0.25, 0.3) is 6.08 Å². The summed E-state index contributed by atoms with van der Waals surface area (Å²) in [4.78, 5) is 15.3. The first-order chi connectivity index (χ1) is 12.0. The number of benzene rings is 2. The maximum Gasteiger partial charge on any atom is 0.276 e. The molecule has 2 aromatic rings. The Morgan fingerprint density at radius 2 is 1.68 bits per heavy atom. The number of hydrogen-bond acceptors (Lipinski definition) is 3. The Morgan fingerprint density at radius 3 is 2.24 bits per heavy atom. The first-order valence-corrected chi connectivity index (χ1v) is 8.49. The van der Waals surface area contributed by atoms with Crippen molar-refractivity contribution < 1.29 is 9.53 Å². The number of thiocarbonyl (C=S) groups is 1. The van der Waals surface area contributed by atoms with Crippen LogP contribution >= 0.6 is 23.8 Å². The molecule has 0 unspecified atom stereocenters. The zero-order valence-corrected chi connectivity index (χ0v) is 15.5. The van der Waals surface area contributed by atoms with E-state index in [4.69, 9.17) is 28.6 Å². The molecule has 0 spiro atoms. The summed E-state index contributed by atoms with van der Waals surface area (Å²) >= 11 is 11.1. The SMILES string of the molecule is CN1C(=O)/C(=C/c2ccc(OCc3ccc(Cl)cc3)cc2)N(C)C1=S. The molecule has 1 aliphatic rings. The molecule has 25 heavy (non-hydrogen) atoms. The van der Waals surface area contributed by atoms with E-state index in [-0.39, 0.29) is 5.91 Å². The monoisotopic (exact) mass is 372 g/mol. The van der Waals surface area contributed by atoms with Crippen LogP contribution < -0.4 is 4.74 Å². The van der Waals surface area contributed by atoms with Crippen molar-refractivity contribution in [1.29, 1.82) is 0 Å². The molecule has 1 saturated heterocycles. The van der Waals surface area contributed by atoms with E-state index in [9.17, 15) is 4.79 Å². The first kappa shape index (κ1) is 17.5. The van der Waals surface area contributed by atoms with Crippen LogP contribution in [0.5, 0.6) is 5.75 Å². The highest BCUT2D eigenvalue weighted by Crippen LogP contribution is 2.22. The van der Waals surface area contributed by atoms with Crippen LogP contribution in [0.3, 0.4) is 0 Å². The predicted molar refractivity (Wildman–Crippen MR) is 103 cm³/mol. The third-order valence-corrected chi connectivity index (χ3v) is 4.76. The van der Waals surface area contributed by atoms with Crippen LogP contribution in [0.4, 0.5) is 0 Å². The number of likely N-dealkylation sites (N-methyl/N-ethyl adjacent to an activating group) is 2. The Hall–Kier alpha value is -2.37. The van der Waals surface area contributed by atoms with Gasteiger partial charge in [-0.3, -0.25) is 9.69 Å². The lowest BCUT2D eigenvalue weighted by atomic mass is 10.1. The van der Waals surface area contributed by atoms with Crippen LogP contribution in [0.2, 0.25) is 5.02 Å². The van der Waals surface area contributed by atoms with Crippen molar-refractivity contribution in [1.82, 2.24) is 9.80 Å². The summed E-state index contributed by atoms with van der Waals surface area (Å²) in [6.07, 6.45) is 1.82. The highest BCUT2D eigenvalue weighted by molar-refractivity contribution is 7.80. The first-order valence-electron chi connectivity index (χ1n) is 7.70. The van der Waals surface area contributed by atoms with E-state index >= 15 is 0 Å².